The number of carbonyl (C=O) groups excluding carboxylic acids is 1. The number of carbonyl (C=O) groups is 1. The molecule has 0 spiro atoms. The van der Waals surface area contributed by atoms with Crippen LogP contribution in [0.4, 0.5) is 0 Å². The second kappa shape index (κ2) is 7.42. The third kappa shape index (κ3) is 3.48. The Kier molecular flexibility index (Phi) is 5.26. The van der Waals surface area contributed by atoms with Gasteiger partial charge in [-0.1, -0.05) is 37.3 Å². The Morgan fingerprint density at radius 1 is 1.28 bits per heavy atom. The van der Waals surface area contributed by atoms with Gasteiger partial charge in [-0.3, -0.25) is 9.48 Å². The maximum absolute atomic E-state index is 13.1. The van der Waals surface area contributed by atoms with E-state index in [-0.39, 0.29) is 5.91 Å². The molecular formula is C21H29N3O. The van der Waals surface area contributed by atoms with Crippen LogP contribution in [0.25, 0.3) is 0 Å². The lowest BCUT2D eigenvalue weighted by Crippen LogP contribution is -2.40. The van der Waals surface area contributed by atoms with Gasteiger partial charge in [0.1, 0.15) is 0 Å². The number of hydrogen-bond donors (Lipinski definition) is 0. The van der Waals surface area contributed by atoms with Crippen molar-refractivity contribution in [1.82, 2.24) is 14.7 Å². The van der Waals surface area contributed by atoms with Crippen molar-refractivity contribution < 1.29 is 4.79 Å². The quantitative estimate of drug-likeness (QED) is 0.832. The topological polar surface area (TPSA) is 38.1 Å². The molecule has 2 heterocycles. The van der Waals surface area contributed by atoms with Crippen LogP contribution in [0.5, 0.6) is 0 Å². The van der Waals surface area contributed by atoms with Gasteiger partial charge in [0.2, 0.25) is 5.91 Å². The molecule has 2 unspecified atom stereocenters. The Labute approximate surface area is 150 Å². The maximum atomic E-state index is 13.1. The van der Waals surface area contributed by atoms with Gasteiger partial charge in [-0.25, -0.2) is 0 Å². The second-order valence-corrected chi connectivity index (χ2v) is 7.17. The Hall–Kier alpha value is -2.10. The van der Waals surface area contributed by atoms with Gasteiger partial charge in [-0.15, -0.1) is 0 Å². The molecule has 1 fully saturated rings. The molecule has 0 bridgehead atoms. The molecule has 3 rings (SSSR count). The normalized spacial score (nSPS) is 18.6. The minimum absolute atomic E-state index is 0.246. The van der Waals surface area contributed by atoms with Gasteiger partial charge >= 0.3 is 0 Å². The summed E-state index contributed by atoms with van der Waals surface area (Å²) in [4.78, 5) is 15.2. The van der Waals surface area contributed by atoms with Crippen LogP contribution in [0.3, 0.4) is 0 Å². The van der Waals surface area contributed by atoms with Crippen LogP contribution in [-0.2, 0) is 18.3 Å². The number of hydrogen-bond acceptors (Lipinski definition) is 2. The minimum Gasteiger partial charge on any atom is -0.339 e. The Morgan fingerprint density at radius 2 is 2.00 bits per heavy atom. The highest BCUT2D eigenvalue weighted by molar-refractivity contribution is 5.80. The van der Waals surface area contributed by atoms with E-state index in [9.17, 15) is 4.79 Å². The minimum atomic E-state index is 0.246. The second-order valence-electron chi connectivity index (χ2n) is 7.17. The van der Waals surface area contributed by atoms with E-state index in [1.165, 1.54) is 5.56 Å². The first-order chi connectivity index (χ1) is 12.0. The fraction of sp³-hybridized carbons (Fsp3) is 0.524. The zero-order valence-electron chi connectivity index (χ0n) is 15.8. The van der Waals surface area contributed by atoms with Gasteiger partial charge in [-0.05, 0) is 38.7 Å². The van der Waals surface area contributed by atoms with E-state index >= 15 is 0 Å². The Morgan fingerprint density at radius 3 is 2.60 bits per heavy atom. The summed E-state index contributed by atoms with van der Waals surface area (Å²) in [5.41, 5.74) is 4.50. The first kappa shape index (κ1) is 17.7. The number of benzene rings is 1. The van der Waals surface area contributed by atoms with Crippen LogP contribution in [0.1, 0.15) is 54.6 Å². The molecule has 1 amide bonds. The number of rotatable bonds is 5. The highest BCUT2D eigenvalue weighted by Crippen LogP contribution is 2.34. The van der Waals surface area contributed by atoms with Crippen molar-refractivity contribution in [1.29, 1.82) is 0 Å². The fourth-order valence-corrected chi connectivity index (χ4v) is 4.28. The maximum Gasteiger partial charge on any atom is 0.227 e. The molecule has 1 aliphatic rings. The molecule has 134 valence electrons. The first-order valence-electron chi connectivity index (χ1n) is 9.36. The van der Waals surface area contributed by atoms with Gasteiger partial charge in [-0.2, -0.15) is 5.10 Å². The first-order valence-corrected chi connectivity index (χ1v) is 9.36. The molecule has 1 aromatic carbocycles. The highest BCUT2D eigenvalue weighted by atomic mass is 16.2. The highest BCUT2D eigenvalue weighted by Gasteiger charge is 2.34. The average Bonchev–Trinajstić information content (AvgIpc) is 3.17. The zero-order chi connectivity index (χ0) is 18.0. The molecule has 0 saturated carbocycles. The number of aryl methyl sites for hydroxylation is 2. The van der Waals surface area contributed by atoms with Crippen LogP contribution in [0.15, 0.2) is 30.3 Å². The van der Waals surface area contributed by atoms with Crippen LogP contribution < -0.4 is 0 Å². The average molecular weight is 339 g/mol. The summed E-state index contributed by atoms with van der Waals surface area (Å²) in [6.07, 6.45) is 3.73. The summed E-state index contributed by atoms with van der Waals surface area (Å²) in [7, 11) is 1.94. The van der Waals surface area contributed by atoms with Crippen molar-refractivity contribution >= 4 is 5.91 Å². The third-order valence-electron chi connectivity index (χ3n) is 5.74. The molecule has 1 aromatic heterocycles. The van der Waals surface area contributed by atoms with Crippen LogP contribution in [-0.4, -0.2) is 33.2 Å². The van der Waals surface area contributed by atoms with Crippen molar-refractivity contribution in [2.45, 2.75) is 58.4 Å². The monoisotopic (exact) mass is 339 g/mol. The Bertz CT molecular complexity index is 735. The lowest BCUT2D eigenvalue weighted by molar-refractivity contribution is -0.131. The molecule has 25 heavy (non-hydrogen) atoms. The molecular weight excluding hydrogens is 310 g/mol. The number of aromatic nitrogens is 2. The lowest BCUT2D eigenvalue weighted by Gasteiger charge is -2.32. The van der Waals surface area contributed by atoms with E-state index < -0.39 is 0 Å². The molecule has 2 aromatic rings. The molecule has 1 aliphatic heterocycles. The standard InChI is InChI=1S/C21H29N3O/c1-5-18(17-10-7-6-8-11-17)20-12-9-13-24(20)21(25)14-19-15(2)22-23(4)16(19)3/h6-8,10-11,18,20H,5,9,12-14H2,1-4H3. The summed E-state index contributed by atoms with van der Waals surface area (Å²) < 4.78 is 1.87. The van der Waals surface area contributed by atoms with Crippen LogP contribution >= 0.6 is 0 Å². The Balaban J connectivity index is 1.79. The van der Waals surface area contributed by atoms with E-state index in [4.69, 9.17) is 0 Å². The van der Waals surface area contributed by atoms with Gasteiger partial charge in [0.25, 0.3) is 0 Å². The van der Waals surface area contributed by atoms with E-state index in [1.54, 1.807) is 0 Å². The predicted molar refractivity (Wildman–Crippen MR) is 101 cm³/mol. The van der Waals surface area contributed by atoms with Crippen molar-refractivity contribution in [2.24, 2.45) is 7.05 Å². The molecule has 1 saturated heterocycles. The van der Waals surface area contributed by atoms with Crippen molar-refractivity contribution in [2.75, 3.05) is 6.54 Å². The molecule has 0 N–H and O–H groups in total. The summed E-state index contributed by atoms with van der Waals surface area (Å²) in [5.74, 6) is 0.667. The summed E-state index contributed by atoms with van der Waals surface area (Å²) in [6.45, 7) is 7.15. The number of amides is 1. The van der Waals surface area contributed by atoms with Gasteiger partial charge in [0.05, 0.1) is 12.1 Å². The van der Waals surface area contributed by atoms with Crippen molar-refractivity contribution in [3.8, 4) is 0 Å². The fourth-order valence-electron chi connectivity index (χ4n) is 4.28. The number of nitrogens with zero attached hydrogens (tertiary/aromatic N) is 3. The molecule has 2 atom stereocenters. The molecule has 4 heteroatoms. The van der Waals surface area contributed by atoms with Gasteiger partial charge in [0, 0.05) is 36.8 Å². The van der Waals surface area contributed by atoms with Gasteiger partial charge in [0.15, 0.2) is 0 Å². The van der Waals surface area contributed by atoms with E-state index in [1.807, 2.05) is 25.6 Å². The summed E-state index contributed by atoms with van der Waals surface area (Å²) in [5, 5.41) is 4.45. The number of likely N-dealkylation sites (tertiary alicyclic amines) is 1. The molecule has 0 radical (unpaired) electrons. The smallest absolute Gasteiger partial charge is 0.227 e. The SMILES string of the molecule is CCC(c1ccccc1)C1CCCN1C(=O)Cc1c(C)nn(C)c1C. The van der Waals surface area contributed by atoms with E-state index in [0.29, 0.717) is 18.4 Å². The molecule has 4 nitrogen and oxygen atoms in total. The van der Waals surface area contributed by atoms with Crippen molar-refractivity contribution in [3.05, 3.63) is 52.8 Å². The summed E-state index contributed by atoms with van der Waals surface area (Å²) in [6, 6.07) is 11.0. The van der Waals surface area contributed by atoms with Crippen LogP contribution in [0, 0.1) is 13.8 Å². The van der Waals surface area contributed by atoms with Crippen molar-refractivity contribution in [3.63, 3.8) is 0 Å². The lowest BCUT2D eigenvalue weighted by atomic mass is 9.87. The van der Waals surface area contributed by atoms with E-state index in [2.05, 4.69) is 47.3 Å². The predicted octanol–water partition coefficient (Wildman–Crippen LogP) is 3.76. The third-order valence-corrected chi connectivity index (χ3v) is 5.74. The largest absolute Gasteiger partial charge is 0.339 e. The van der Waals surface area contributed by atoms with Gasteiger partial charge < -0.3 is 4.90 Å². The zero-order valence-corrected chi connectivity index (χ0v) is 15.8. The van der Waals surface area contributed by atoms with E-state index in [0.717, 1.165) is 42.8 Å². The summed E-state index contributed by atoms with van der Waals surface area (Å²) >= 11 is 0. The molecule has 0 aliphatic carbocycles. The van der Waals surface area contributed by atoms with Crippen LogP contribution in [0.2, 0.25) is 0 Å².